The summed E-state index contributed by atoms with van der Waals surface area (Å²) in [6.45, 7) is 6.24. The molecule has 0 saturated heterocycles. The summed E-state index contributed by atoms with van der Waals surface area (Å²) in [5.41, 5.74) is 0.831. The van der Waals surface area contributed by atoms with E-state index in [4.69, 9.17) is 16.1 Å². The summed E-state index contributed by atoms with van der Waals surface area (Å²) < 4.78 is 7.38. The van der Waals surface area contributed by atoms with Gasteiger partial charge in [0, 0.05) is 42.4 Å². The third kappa shape index (κ3) is 5.41. The SMILES string of the molecule is CCNC(=NCCc1nc(-c2cccc(Cl)c2)no1)NC1CCc2nc(CC)nn2C1. The highest BCUT2D eigenvalue weighted by Crippen LogP contribution is 2.20. The number of nitrogens with one attached hydrogen (secondary N) is 2. The Morgan fingerprint density at radius 3 is 3.03 bits per heavy atom. The lowest BCUT2D eigenvalue weighted by Gasteiger charge is -2.25. The molecule has 0 fully saturated rings. The van der Waals surface area contributed by atoms with Crippen molar-refractivity contribution in [3.63, 3.8) is 0 Å². The highest BCUT2D eigenvalue weighted by molar-refractivity contribution is 6.30. The first-order valence-corrected chi connectivity index (χ1v) is 11.1. The van der Waals surface area contributed by atoms with E-state index in [-0.39, 0.29) is 6.04 Å². The molecular formula is C21H27ClN8O. The van der Waals surface area contributed by atoms with Crippen molar-refractivity contribution in [3.05, 3.63) is 46.8 Å². The van der Waals surface area contributed by atoms with Crippen LogP contribution in [0.5, 0.6) is 0 Å². The lowest BCUT2D eigenvalue weighted by atomic mass is 10.1. The van der Waals surface area contributed by atoms with Gasteiger partial charge in [0.2, 0.25) is 11.7 Å². The summed E-state index contributed by atoms with van der Waals surface area (Å²) in [5.74, 6) is 3.84. The van der Waals surface area contributed by atoms with Crippen LogP contribution in [0.1, 0.15) is 37.8 Å². The first-order chi connectivity index (χ1) is 15.1. The number of nitrogens with zero attached hydrogens (tertiary/aromatic N) is 6. The van der Waals surface area contributed by atoms with E-state index in [0.29, 0.717) is 29.7 Å². The van der Waals surface area contributed by atoms with Crippen LogP contribution in [0, 0.1) is 0 Å². The monoisotopic (exact) mass is 442 g/mol. The van der Waals surface area contributed by atoms with Gasteiger partial charge in [-0.2, -0.15) is 10.1 Å². The number of aromatic nitrogens is 5. The molecule has 0 amide bonds. The second-order valence-electron chi connectivity index (χ2n) is 7.39. The van der Waals surface area contributed by atoms with E-state index in [2.05, 4.69) is 49.7 Å². The fraction of sp³-hybridized carbons (Fsp3) is 0.476. The summed E-state index contributed by atoms with van der Waals surface area (Å²) in [5, 5.41) is 16.1. The predicted octanol–water partition coefficient (Wildman–Crippen LogP) is 2.66. The maximum absolute atomic E-state index is 6.04. The van der Waals surface area contributed by atoms with Gasteiger partial charge in [-0.1, -0.05) is 35.8 Å². The number of halogens is 1. The molecular weight excluding hydrogens is 416 g/mol. The van der Waals surface area contributed by atoms with Crippen molar-refractivity contribution < 1.29 is 4.52 Å². The first kappa shape index (κ1) is 21.3. The van der Waals surface area contributed by atoms with Crippen LogP contribution in [0.25, 0.3) is 11.4 Å². The Morgan fingerprint density at radius 2 is 2.23 bits per heavy atom. The van der Waals surface area contributed by atoms with Crippen LogP contribution in [0.15, 0.2) is 33.8 Å². The van der Waals surface area contributed by atoms with Crippen LogP contribution in [-0.4, -0.2) is 50.0 Å². The molecule has 4 rings (SSSR count). The zero-order chi connectivity index (χ0) is 21.6. The van der Waals surface area contributed by atoms with E-state index in [1.807, 2.05) is 28.9 Å². The smallest absolute Gasteiger partial charge is 0.228 e. The molecule has 1 aliphatic heterocycles. The normalized spacial score (nSPS) is 16.2. The van der Waals surface area contributed by atoms with Gasteiger partial charge >= 0.3 is 0 Å². The number of guanidine groups is 1. The number of aryl methyl sites for hydroxylation is 2. The average molecular weight is 443 g/mol. The minimum atomic E-state index is 0.259. The van der Waals surface area contributed by atoms with Gasteiger partial charge in [-0.05, 0) is 25.5 Å². The summed E-state index contributed by atoms with van der Waals surface area (Å²) >= 11 is 6.04. The Balaban J connectivity index is 1.34. The maximum Gasteiger partial charge on any atom is 0.228 e. The summed E-state index contributed by atoms with van der Waals surface area (Å²) in [4.78, 5) is 13.7. The molecule has 1 aliphatic rings. The molecule has 0 radical (unpaired) electrons. The Hall–Kier alpha value is -2.94. The Kier molecular flexibility index (Phi) is 6.81. The number of hydrogen-bond donors (Lipinski definition) is 2. The maximum atomic E-state index is 6.04. The van der Waals surface area contributed by atoms with Crippen molar-refractivity contribution in [3.8, 4) is 11.4 Å². The molecule has 3 heterocycles. The third-order valence-electron chi connectivity index (χ3n) is 5.05. The van der Waals surface area contributed by atoms with Gasteiger partial charge in [-0.15, -0.1) is 0 Å². The molecule has 0 bridgehead atoms. The van der Waals surface area contributed by atoms with Crippen LogP contribution in [0.3, 0.4) is 0 Å². The third-order valence-corrected chi connectivity index (χ3v) is 5.28. The van der Waals surface area contributed by atoms with Gasteiger partial charge in [0.1, 0.15) is 5.82 Å². The van der Waals surface area contributed by atoms with Crippen molar-refractivity contribution in [2.45, 2.75) is 52.1 Å². The van der Waals surface area contributed by atoms with Crippen LogP contribution in [-0.2, 0) is 25.8 Å². The summed E-state index contributed by atoms with van der Waals surface area (Å²) in [7, 11) is 0. The molecule has 2 aromatic heterocycles. The van der Waals surface area contributed by atoms with Crippen LogP contribution < -0.4 is 10.6 Å². The molecule has 1 aromatic carbocycles. The zero-order valence-electron chi connectivity index (χ0n) is 17.8. The number of benzene rings is 1. The highest BCUT2D eigenvalue weighted by Gasteiger charge is 2.22. The highest BCUT2D eigenvalue weighted by atomic mass is 35.5. The molecule has 9 nitrogen and oxygen atoms in total. The molecule has 0 aliphatic carbocycles. The Bertz CT molecular complexity index is 1040. The second-order valence-corrected chi connectivity index (χ2v) is 7.83. The fourth-order valence-electron chi connectivity index (χ4n) is 3.51. The molecule has 1 atom stereocenters. The van der Waals surface area contributed by atoms with Gasteiger partial charge in [0.25, 0.3) is 0 Å². The molecule has 31 heavy (non-hydrogen) atoms. The molecule has 0 saturated carbocycles. The van der Waals surface area contributed by atoms with Gasteiger partial charge in [0.15, 0.2) is 11.8 Å². The minimum Gasteiger partial charge on any atom is -0.357 e. The molecule has 10 heteroatoms. The molecule has 2 N–H and O–H groups in total. The number of rotatable bonds is 7. The topological polar surface area (TPSA) is 106 Å². The molecule has 1 unspecified atom stereocenters. The number of fused-ring (bicyclic) bond motifs is 1. The zero-order valence-corrected chi connectivity index (χ0v) is 18.6. The van der Waals surface area contributed by atoms with Crippen molar-refractivity contribution in [2.75, 3.05) is 13.1 Å². The van der Waals surface area contributed by atoms with E-state index in [9.17, 15) is 0 Å². The predicted molar refractivity (Wildman–Crippen MR) is 119 cm³/mol. The van der Waals surface area contributed by atoms with E-state index in [1.54, 1.807) is 0 Å². The van der Waals surface area contributed by atoms with Gasteiger partial charge in [-0.3, -0.25) is 4.99 Å². The van der Waals surface area contributed by atoms with E-state index >= 15 is 0 Å². The quantitative estimate of drug-likeness (QED) is 0.428. The van der Waals surface area contributed by atoms with E-state index in [1.165, 1.54) is 0 Å². The largest absolute Gasteiger partial charge is 0.357 e. The summed E-state index contributed by atoms with van der Waals surface area (Å²) in [6, 6.07) is 7.66. The Labute approximate surface area is 186 Å². The lowest BCUT2D eigenvalue weighted by Crippen LogP contribution is -2.47. The summed E-state index contributed by atoms with van der Waals surface area (Å²) in [6.07, 6.45) is 3.33. The minimum absolute atomic E-state index is 0.259. The lowest BCUT2D eigenvalue weighted by molar-refractivity contribution is 0.379. The van der Waals surface area contributed by atoms with Crippen LogP contribution in [0.4, 0.5) is 0 Å². The number of hydrogen-bond acceptors (Lipinski definition) is 6. The van der Waals surface area contributed by atoms with Gasteiger partial charge in [0.05, 0.1) is 13.1 Å². The van der Waals surface area contributed by atoms with Crippen molar-refractivity contribution in [1.29, 1.82) is 0 Å². The molecule has 3 aromatic rings. The van der Waals surface area contributed by atoms with Crippen molar-refractivity contribution in [1.82, 2.24) is 35.5 Å². The number of aliphatic imine (C=N–C) groups is 1. The standard InChI is InChI=1S/C21H27ClN8O/c1-3-17-26-18-9-8-16(13-30(18)28-17)25-21(23-4-2)24-11-10-19-27-20(29-31-19)14-6-5-7-15(22)12-14/h5-7,12,16H,3-4,8-11,13H2,1-2H3,(H2,23,24,25). The van der Waals surface area contributed by atoms with Crippen molar-refractivity contribution in [2.24, 2.45) is 4.99 Å². The van der Waals surface area contributed by atoms with E-state index < -0.39 is 0 Å². The van der Waals surface area contributed by atoms with Gasteiger partial charge < -0.3 is 15.2 Å². The molecule has 164 valence electrons. The van der Waals surface area contributed by atoms with Crippen molar-refractivity contribution >= 4 is 17.6 Å². The Morgan fingerprint density at radius 1 is 1.32 bits per heavy atom. The van der Waals surface area contributed by atoms with Crippen LogP contribution >= 0.6 is 11.6 Å². The second kappa shape index (κ2) is 9.91. The molecule has 0 spiro atoms. The average Bonchev–Trinajstić information content (AvgIpc) is 3.40. The van der Waals surface area contributed by atoms with Gasteiger partial charge in [-0.25, -0.2) is 9.67 Å². The first-order valence-electron chi connectivity index (χ1n) is 10.7. The fourth-order valence-corrected chi connectivity index (χ4v) is 3.70. The van der Waals surface area contributed by atoms with E-state index in [0.717, 1.165) is 55.5 Å². The van der Waals surface area contributed by atoms with Crippen LogP contribution in [0.2, 0.25) is 5.02 Å².